The molecule has 2 aromatic rings. The molecule has 10 heteroatoms. The number of pyridine rings is 1. The van der Waals surface area contributed by atoms with Gasteiger partial charge in [0.1, 0.15) is 41.8 Å². The number of hydrogen-bond donors (Lipinski definition) is 0. The van der Waals surface area contributed by atoms with Crippen LogP contribution in [0.4, 0.5) is 5.69 Å². The highest BCUT2D eigenvalue weighted by Crippen LogP contribution is 2.33. The van der Waals surface area contributed by atoms with Gasteiger partial charge >= 0.3 is 0 Å². The van der Waals surface area contributed by atoms with E-state index in [1.165, 1.54) is 19.8 Å². The molecule has 2 aliphatic heterocycles. The second-order valence-corrected chi connectivity index (χ2v) is 8.10. The topological polar surface area (TPSA) is 114 Å². The van der Waals surface area contributed by atoms with E-state index in [0.29, 0.717) is 42.2 Å². The summed E-state index contributed by atoms with van der Waals surface area (Å²) >= 11 is 0. The number of allylic oxidation sites excluding steroid dienone is 3. The minimum absolute atomic E-state index is 0.140. The van der Waals surface area contributed by atoms with E-state index in [0.717, 1.165) is 24.2 Å². The molecule has 1 saturated heterocycles. The molecule has 3 aliphatic rings. The maximum Gasteiger partial charge on any atom is 0.275 e. The van der Waals surface area contributed by atoms with E-state index in [-0.39, 0.29) is 17.9 Å². The Morgan fingerprint density at radius 2 is 2.26 bits per heavy atom. The zero-order valence-electron chi connectivity index (χ0n) is 19.1. The first-order valence-electron chi connectivity index (χ1n) is 11.2. The van der Waals surface area contributed by atoms with Crippen molar-refractivity contribution in [2.24, 2.45) is 0 Å². The maximum atomic E-state index is 12.6. The highest BCUT2D eigenvalue weighted by molar-refractivity contribution is 5.92. The molecule has 0 aromatic carbocycles. The highest BCUT2D eigenvalue weighted by Gasteiger charge is 2.31. The molecule has 1 aliphatic carbocycles. The van der Waals surface area contributed by atoms with Gasteiger partial charge in [-0.2, -0.15) is 5.26 Å². The first-order chi connectivity index (χ1) is 17.2. The summed E-state index contributed by atoms with van der Waals surface area (Å²) in [6, 6.07) is 3.81. The van der Waals surface area contributed by atoms with Crippen LogP contribution < -0.4 is 9.64 Å². The van der Waals surface area contributed by atoms with Crippen LogP contribution in [-0.2, 0) is 9.47 Å². The van der Waals surface area contributed by atoms with E-state index in [2.05, 4.69) is 22.1 Å². The first kappa shape index (κ1) is 22.3. The van der Waals surface area contributed by atoms with Crippen molar-refractivity contribution in [1.29, 1.82) is 5.26 Å². The molecule has 178 valence electrons. The highest BCUT2D eigenvalue weighted by atomic mass is 16.5. The van der Waals surface area contributed by atoms with Gasteiger partial charge in [-0.05, 0) is 25.0 Å². The number of hydrogen-bond acceptors (Lipinski definition) is 9. The van der Waals surface area contributed by atoms with Crippen LogP contribution in [0, 0.1) is 11.3 Å². The Balaban J connectivity index is 1.34. The van der Waals surface area contributed by atoms with Gasteiger partial charge in [0.2, 0.25) is 5.88 Å². The number of carbonyl (C=O) groups excluding carboxylic acids is 1. The lowest BCUT2D eigenvalue weighted by Gasteiger charge is -2.26. The molecule has 0 N–H and O–H groups in total. The number of anilines is 1. The van der Waals surface area contributed by atoms with E-state index in [4.69, 9.17) is 18.6 Å². The fraction of sp³-hybridized carbons (Fsp3) is 0.280. The summed E-state index contributed by atoms with van der Waals surface area (Å²) in [5.74, 6) is 1.49. The van der Waals surface area contributed by atoms with Crippen LogP contribution in [0.5, 0.6) is 5.88 Å². The predicted molar refractivity (Wildman–Crippen MR) is 124 cm³/mol. The fourth-order valence-corrected chi connectivity index (χ4v) is 4.17. The predicted octanol–water partition coefficient (Wildman–Crippen LogP) is 3.63. The molecule has 0 saturated carbocycles. The monoisotopic (exact) mass is 473 g/mol. The zero-order valence-corrected chi connectivity index (χ0v) is 19.1. The lowest BCUT2D eigenvalue weighted by Crippen LogP contribution is -2.30. The Morgan fingerprint density at radius 3 is 3.06 bits per heavy atom. The molecule has 1 fully saturated rings. The average molecular weight is 473 g/mol. The van der Waals surface area contributed by atoms with E-state index >= 15 is 0 Å². The SMILES string of the molecule is COc1ncc(N2C=COC(C3=C(O[C@H]4CCN(C(=O)c5cocn5)C4)C=CCC3)=C2)cc1C#N. The number of nitriles is 1. The van der Waals surface area contributed by atoms with Gasteiger partial charge in [0.15, 0.2) is 12.1 Å². The number of carbonyl (C=O) groups is 1. The second kappa shape index (κ2) is 9.77. The van der Waals surface area contributed by atoms with Crippen LogP contribution in [0.25, 0.3) is 0 Å². The van der Waals surface area contributed by atoms with Crippen LogP contribution in [0.2, 0.25) is 0 Å². The molecule has 10 nitrogen and oxygen atoms in total. The van der Waals surface area contributed by atoms with Crippen molar-refractivity contribution >= 4 is 11.6 Å². The van der Waals surface area contributed by atoms with E-state index in [1.807, 2.05) is 17.2 Å². The molecule has 35 heavy (non-hydrogen) atoms. The number of rotatable bonds is 6. The third-order valence-electron chi connectivity index (χ3n) is 5.92. The van der Waals surface area contributed by atoms with Gasteiger partial charge in [0, 0.05) is 24.7 Å². The van der Waals surface area contributed by atoms with Crippen LogP contribution in [0.15, 0.2) is 77.2 Å². The minimum Gasteiger partial charge on any atom is -0.488 e. The van der Waals surface area contributed by atoms with Crippen LogP contribution in [-0.4, -0.2) is 47.1 Å². The zero-order chi connectivity index (χ0) is 24.2. The summed E-state index contributed by atoms with van der Waals surface area (Å²) < 4.78 is 22.3. The Labute approximate surface area is 202 Å². The average Bonchev–Trinajstić information content (AvgIpc) is 3.61. The molecule has 0 unspecified atom stereocenters. The summed E-state index contributed by atoms with van der Waals surface area (Å²) in [5.41, 5.74) is 2.27. The summed E-state index contributed by atoms with van der Waals surface area (Å²) in [6.45, 7) is 1.06. The maximum absolute atomic E-state index is 12.6. The van der Waals surface area contributed by atoms with Crippen molar-refractivity contribution in [1.82, 2.24) is 14.9 Å². The number of methoxy groups -OCH3 is 1. The third kappa shape index (κ3) is 4.61. The Kier molecular flexibility index (Phi) is 6.22. The molecule has 0 bridgehead atoms. The van der Waals surface area contributed by atoms with Gasteiger partial charge in [0.25, 0.3) is 5.91 Å². The van der Waals surface area contributed by atoms with Crippen molar-refractivity contribution in [3.63, 3.8) is 0 Å². The van der Waals surface area contributed by atoms with Gasteiger partial charge in [-0.3, -0.25) is 4.79 Å². The smallest absolute Gasteiger partial charge is 0.275 e. The molecular formula is C25H23N5O5. The standard InChI is InChI=1S/C25H23N5O5/c1-32-24-17(11-26)10-18(12-27-24)29-8-9-34-23(14-29)20-4-2-3-5-22(20)35-19-6-7-30(13-19)25(31)21-15-33-16-28-21/h3,5,8-10,12,14-16,19H,2,4,6-7,13H2,1H3/t19-/m0/s1. The quantitative estimate of drug-likeness (QED) is 0.620. The molecule has 0 spiro atoms. The van der Waals surface area contributed by atoms with Gasteiger partial charge in [0.05, 0.1) is 31.7 Å². The number of nitrogens with zero attached hydrogens (tertiary/aromatic N) is 5. The van der Waals surface area contributed by atoms with Crippen LogP contribution >= 0.6 is 0 Å². The summed E-state index contributed by atoms with van der Waals surface area (Å²) in [6.07, 6.45) is 15.6. The van der Waals surface area contributed by atoms with Crippen molar-refractivity contribution in [3.05, 3.63) is 84.1 Å². The molecule has 0 radical (unpaired) electrons. The number of oxazole rings is 1. The molecular weight excluding hydrogens is 450 g/mol. The third-order valence-corrected chi connectivity index (χ3v) is 5.92. The van der Waals surface area contributed by atoms with Crippen LogP contribution in [0.3, 0.4) is 0 Å². The number of amides is 1. The summed E-state index contributed by atoms with van der Waals surface area (Å²) in [5, 5.41) is 9.39. The number of likely N-dealkylation sites (tertiary alicyclic amines) is 1. The van der Waals surface area contributed by atoms with Crippen molar-refractivity contribution in [2.45, 2.75) is 25.4 Å². The lowest BCUT2D eigenvalue weighted by molar-refractivity contribution is 0.0737. The van der Waals surface area contributed by atoms with Crippen molar-refractivity contribution in [2.75, 3.05) is 25.1 Å². The van der Waals surface area contributed by atoms with Gasteiger partial charge in [-0.1, -0.05) is 6.08 Å². The van der Waals surface area contributed by atoms with Gasteiger partial charge < -0.3 is 28.4 Å². The molecule has 4 heterocycles. The van der Waals surface area contributed by atoms with Gasteiger partial charge in [-0.25, -0.2) is 9.97 Å². The Bertz CT molecular complexity index is 1270. The van der Waals surface area contributed by atoms with E-state index < -0.39 is 0 Å². The Morgan fingerprint density at radius 1 is 1.34 bits per heavy atom. The fourth-order valence-electron chi connectivity index (χ4n) is 4.17. The molecule has 2 aromatic heterocycles. The van der Waals surface area contributed by atoms with Crippen molar-refractivity contribution in [3.8, 4) is 11.9 Å². The molecule has 5 rings (SSSR count). The first-order valence-corrected chi connectivity index (χ1v) is 11.2. The second-order valence-electron chi connectivity index (χ2n) is 8.10. The Hall–Kier alpha value is -4.52. The van der Waals surface area contributed by atoms with Gasteiger partial charge in [-0.15, -0.1) is 0 Å². The van der Waals surface area contributed by atoms with Crippen LogP contribution in [0.1, 0.15) is 35.3 Å². The summed E-state index contributed by atoms with van der Waals surface area (Å²) in [4.78, 5) is 24.3. The lowest BCUT2D eigenvalue weighted by atomic mass is 10.0. The largest absolute Gasteiger partial charge is 0.488 e. The van der Waals surface area contributed by atoms with Crippen molar-refractivity contribution < 1.29 is 23.4 Å². The normalized spacial score (nSPS) is 19.3. The number of aromatic nitrogens is 2. The van der Waals surface area contributed by atoms with E-state index in [9.17, 15) is 10.1 Å². The minimum atomic E-state index is -0.165. The molecule has 1 amide bonds. The number of ether oxygens (including phenoxy) is 3. The van der Waals surface area contributed by atoms with E-state index in [1.54, 1.807) is 29.6 Å². The molecule has 1 atom stereocenters. The summed E-state index contributed by atoms with van der Waals surface area (Å²) in [7, 11) is 1.48.